The van der Waals surface area contributed by atoms with E-state index in [1.165, 1.54) is 11.0 Å². The predicted octanol–water partition coefficient (Wildman–Crippen LogP) is 4.27. The first-order valence-corrected chi connectivity index (χ1v) is 9.02. The molecule has 3 rings (SSSR count). The van der Waals surface area contributed by atoms with Gasteiger partial charge >= 0.3 is 6.92 Å². The van der Waals surface area contributed by atoms with Gasteiger partial charge in [0, 0.05) is 17.8 Å². The molecule has 1 aromatic heterocycles. The van der Waals surface area contributed by atoms with Crippen LogP contribution in [0.2, 0.25) is 6.32 Å². The fourth-order valence-electron chi connectivity index (χ4n) is 3.34. The number of pyridine rings is 1. The Morgan fingerprint density at radius 3 is 2.25 bits per heavy atom. The van der Waals surface area contributed by atoms with Gasteiger partial charge in [-0.3, -0.25) is 4.98 Å². The number of benzene rings is 1. The third kappa shape index (κ3) is 3.42. The number of nitrogens with zero attached hydrogens (tertiary/aromatic N) is 1. The fourth-order valence-corrected chi connectivity index (χ4v) is 3.34. The van der Waals surface area contributed by atoms with Crippen LogP contribution in [0.15, 0.2) is 42.5 Å². The molecule has 3 heteroatoms. The summed E-state index contributed by atoms with van der Waals surface area (Å²) in [6.45, 7) is 11.3. The summed E-state index contributed by atoms with van der Waals surface area (Å²) < 4.78 is 6.33. The number of aryl methyl sites for hydroxylation is 1. The van der Waals surface area contributed by atoms with Crippen molar-refractivity contribution in [2.45, 2.75) is 59.4 Å². The molecular weight excluding hydrogens is 293 g/mol. The van der Waals surface area contributed by atoms with Gasteiger partial charge in [-0.1, -0.05) is 51.1 Å². The first-order valence-electron chi connectivity index (χ1n) is 9.02. The number of hydrogen-bond donors (Lipinski definition) is 0. The maximum absolute atomic E-state index is 6.33. The Morgan fingerprint density at radius 1 is 1.00 bits per heavy atom. The summed E-state index contributed by atoms with van der Waals surface area (Å²) in [4.78, 5) is 4.70. The van der Waals surface area contributed by atoms with E-state index < -0.39 is 0 Å². The van der Waals surface area contributed by atoms with Crippen molar-refractivity contribution in [2.75, 3.05) is 0 Å². The molecule has 1 saturated heterocycles. The molecule has 0 bridgehead atoms. The zero-order valence-electron chi connectivity index (χ0n) is 15.6. The molecule has 24 heavy (non-hydrogen) atoms. The standard InChI is InChI=1S/C21H28BNO/c1-6-18-8-7-9-19(23-18)14-16-10-12-17(13-11-16)22-15-20(2,3)21(4,5)24-22/h7-13H,6,14-15H2,1-5H3. The van der Waals surface area contributed by atoms with Crippen LogP contribution in [0.5, 0.6) is 0 Å². The monoisotopic (exact) mass is 321 g/mol. The molecule has 0 saturated carbocycles. The van der Waals surface area contributed by atoms with Gasteiger partial charge in [0.05, 0.1) is 5.60 Å². The molecule has 0 aliphatic carbocycles. The van der Waals surface area contributed by atoms with E-state index in [9.17, 15) is 0 Å². The van der Waals surface area contributed by atoms with Crippen LogP contribution in [0.3, 0.4) is 0 Å². The smallest absolute Gasteiger partial charge is 0.327 e. The largest absolute Gasteiger partial charge is 0.426 e. The third-order valence-electron chi connectivity index (χ3n) is 5.73. The normalized spacial score (nSPS) is 18.8. The second-order valence-electron chi connectivity index (χ2n) is 8.10. The zero-order chi connectivity index (χ0) is 17.4. The molecule has 2 heterocycles. The minimum Gasteiger partial charge on any atom is -0.426 e. The summed E-state index contributed by atoms with van der Waals surface area (Å²) in [5.74, 6) is 0. The van der Waals surface area contributed by atoms with E-state index in [-0.39, 0.29) is 17.9 Å². The highest BCUT2D eigenvalue weighted by atomic mass is 16.5. The van der Waals surface area contributed by atoms with Crippen LogP contribution >= 0.6 is 0 Å². The van der Waals surface area contributed by atoms with E-state index in [0.29, 0.717) is 0 Å². The minimum absolute atomic E-state index is 0.0825. The van der Waals surface area contributed by atoms with Gasteiger partial charge in [0.15, 0.2) is 0 Å². The van der Waals surface area contributed by atoms with Gasteiger partial charge in [-0.15, -0.1) is 0 Å². The van der Waals surface area contributed by atoms with E-state index in [1.54, 1.807) is 0 Å². The molecule has 126 valence electrons. The summed E-state index contributed by atoms with van der Waals surface area (Å²) in [6, 6.07) is 15.2. The van der Waals surface area contributed by atoms with Gasteiger partial charge in [-0.25, -0.2) is 0 Å². The summed E-state index contributed by atoms with van der Waals surface area (Å²) in [7, 11) is 0. The average molecular weight is 321 g/mol. The summed E-state index contributed by atoms with van der Waals surface area (Å²) in [5, 5.41) is 0. The van der Waals surface area contributed by atoms with E-state index in [0.717, 1.165) is 30.5 Å². The molecule has 0 atom stereocenters. The first kappa shape index (κ1) is 17.2. The zero-order valence-corrected chi connectivity index (χ0v) is 15.6. The molecule has 1 aliphatic heterocycles. The van der Waals surface area contributed by atoms with Crippen molar-refractivity contribution in [1.29, 1.82) is 0 Å². The minimum atomic E-state index is -0.0825. The van der Waals surface area contributed by atoms with Crippen molar-refractivity contribution in [3.63, 3.8) is 0 Å². The Morgan fingerprint density at radius 2 is 1.67 bits per heavy atom. The molecule has 2 aromatic rings. The Balaban J connectivity index is 1.72. The molecule has 0 spiro atoms. The van der Waals surface area contributed by atoms with Gasteiger partial charge in [0.25, 0.3) is 0 Å². The molecular formula is C21H28BNO. The van der Waals surface area contributed by atoms with Crippen molar-refractivity contribution in [3.05, 3.63) is 59.4 Å². The van der Waals surface area contributed by atoms with Crippen LogP contribution in [-0.2, 0) is 17.5 Å². The molecule has 1 aromatic carbocycles. The maximum Gasteiger partial charge on any atom is 0.327 e. The topological polar surface area (TPSA) is 22.1 Å². The maximum atomic E-state index is 6.33. The lowest BCUT2D eigenvalue weighted by Gasteiger charge is -2.34. The first-order chi connectivity index (χ1) is 11.3. The highest BCUT2D eigenvalue weighted by Gasteiger charge is 2.49. The van der Waals surface area contributed by atoms with Crippen molar-refractivity contribution in [1.82, 2.24) is 4.98 Å². The number of aromatic nitrogens is 1. The highest BCUT2D eigenvalue weighted by Crippen LogP contribution is 2.44. The Hall–Kier alpha value is -1.61. The van der Waals surface area contributed by atoms with Crippen molar-refractivity contribution < 1.29 is 4.65 Å². The van der Waals surface area contributed by atoms with Crippen LogP contribution in [0.4, 0.5) is 0 Å². The average Bonchev–Trinajstić information content (AvgIpc) is 2.76. The van der Waals surface area contributed by atoms with E-state index in [1.807, 2.05) is 0 Å². The summed E-state index contributed by atoms with van der Waals surface area (Å²) in [5.41, 5.74) is 5.00. The van der Waals surface area contributed by atoms with Gasteiger partial charge in [-0.05, 0) is 55.2 Å². The van der Waals surface area contributed by atoms with Crippen LogP contribution in [0.1, 0.15) is 51.6 Å². The lowest BCUT2D eigenvalue weighted by Crippen LogP contribution is -2.36. The summed E-state index contributed by atoms with van der Waals surface area (Å²) in [6.07, 6.45) is 2.94. The van der Waals surface area contributed by atoms with Crippen molar-refractivity contribution >= 4 is 12.4 Å². The predicted molar refractivity (Wildman–Crippen MR) is 102 cm³/mol. The van der Waals surface area contributed by atoms with Crippen LogP contribution in [0.25, 0.3) is 0 Å². The number of rotatable bonds is 4. The van der Waals surface area contributed by atoms with Gasteiger partial charge in [0.2, 0.25) is 0 Å². The third-order valence-corrected chi connectivity index (χ3v) is 5.73. The van der Waals surface area contributed by atoms with Gasteiger partial charge in [-0.2, -0.15) is 0 Å². The second-order valence-corrected chi connectivity index (χ2v) is 8.10. The summed E-state index contributed by atoms with van der Waals surface area (Å²) >= 11 is 0. The molecule has 0 unspecified atom stereocenters. The molecule has 0 N–H and O–H groups in total. The Labute approximate surface area is 146 Å². The number of hydrogen-bond acceptors (Lipinski definition) is 2. The molecule has 2 nitrogen and oxygen atoms in total. The van der Waals surface area contributed by atoms with Crippen LogP contribution in [0, 0.1) is 5.41 Å². The van der Waals surface area contributed by atoms with Crippen molar-refractivity contribution in [2.24, 2.45) is 5.41 Å². The quantitative estimate of drug-likeness (QED) is 0.785. The lowest BCUT2D eigenvalue weighted by atomic mass is 9.54. The molecule has 0 radical (unpaired) electrons. The van der Waals surface area contributed by atoms with Gasteiger partial charge in [0.1, 0.15) is 0 Å². The van der Waals surface area contributed by atoms with E-state index in [2.05, 4.69) is 77.1 Å². The van der Waals surface area contributed by atoms with Crippen LogP contribution in [-0.4, -0.2) is 17.5 Å². The highest BCUT2D eigenvalue weighted by molar-refractivity contribution is 6.68. The molecule has 0 amide bonds. The van der Waals surface area contributed by atoms with E-state index in [4.69, 9.17) is 9.64 Å². The van der Waals surface area contributed by atoms with Gasteiger partial charge < -0.3 is 4.65 Å². The molecule has 1 fully saturated rings. The second kappa shape index (κ2) is 6.36. The van der Waals surface area contributed by atoms with Crippen molar-refractivity contribution in [3.8, 4) is 0 Å². The Kier molecular flexibility index (Phi) is 4.57. The van der Waals surface area contributed by atoms with E-state index >= 15 is 0 Å². The van der Waals surface area contributed by atoms with Crippen LogP contribution < -0.4 is 5.46 Å². The Bertz CT molecular complexity index is 690. The SMILES string of the molecule is CCc1cccc(Cc2ccc(B3CC(C)(C)C(C)(C)O3)cc2)n1. The molecule has 1 aliphatic rings. The fraction of sp³-hybridized carbons (Fsp3) is 0.476. The lowest BCUT2D eigenvalue weighted by molar-refractivity contribution is 0.0375.